The second-order valence-electron chi connectivity index (χ2n) is 9.19. The zero-order valence-corrected chi connectivity index (χ0v) is 17.6. The van der Waals surface area contributed by atoms with Crippen LogP contribution in [-0.4, -0.2) is 45.2 Å². The smallest absolute Gasteiger partial charge is 0.410 e. The summed E-state index contributed by atoms with van der Waals surface area (Å²) in [6, 6.07) is 12.8. The number of rotatable bonds is 2. The number of Topliss-reactive ketones (excluding diaryl/α,β-unsaturated/α-hetero) is 1. The van der Waals surface area contributed by atoms with Gasteiger partial charge in [0, 0.05) is 30.4 Å². The summed E-state index contributed by atoms with van der Waals surface area (Å²) in [4.78, 5) is 27.2. The van der Waals surface area contributed by atoms with Crippen LogP contribution in [0.1, 0.15) is 47.9 Å². The Morgan fingerprint density at radius 1 is 1.19 bits per heavy atom. The van der Waals surface area contributed by atoms with Crippen LogP contribution in [0.25, 0.3) is 0 Å². The van der Waals surface area contributed by atoms with Crippen LogP contribution in [0.5, 0.6) is 5.75 Å². The lowest BCUT2D eigenvalue weighted by Gasteiger charge is -2.62. The first kappa shape index (κ1) is 20.1. The fourth-order valence-electron chi connectivity index (χ4n) is 6.04. The van der Waals surface area contributed by atoms with Crippen molar-refractivity contribution >= 4 is 11.9 Å². The number of phenolic OH excluding ortho intramolecular Hbond substituents is 1. The predicted octanol–water partition coefficient (Wildman–Crippen LogP) is 3.39. The van der Waals surface area contributed by atoms with Gasteiger partial charge in [0.05, 0.1) is 11.6 Å². The third-order valence-corrected chi connectivity index (χ3v) is 7.62. The van der Waals surface area contributed by atoms with Crippen molar-refractivity contribution in [3.05, 3.63) is 64.7 Å². The summed E-state index contributed by atoms with van der Waals surface area (Å²) in [5.41, 5.74) is 1.09. The van der Waals surface area contributed by atoms with E-state index in [-0.39, 0.29) is 37.4 Å². The second kappa shape index (κ2) is 7.09. The van der Waals surface area contributed by atoms with E-state index in [0.717, 1.165) is 16.7 Å². The third kappa shape index (κ3) is 2.88. The number of ether oxygens (including phenoxy) is 1. The van der Waals surface area contributed by atoms with E-state index < -0.39 is 23.2 Å². The van der Waals surface area contributed by atoms with Gasteiger partial charge in [0.25, 0.3) is 0 Å². The number of carbonyl (C=O) groups excluding carboxylic acids is 2. The maximum atomic E-state index is 13.1. The minimum atomic E-state index is -1.27. The van der Waals surface area contributed by atoms with Gasteiger partial charge in [-0.15, -0.1) is 0 Å². The van der Waals surface area contributed by atoms with E-state index in [4.69, 9.17) is 4.74 Å². The molecular weight excluding hydrogens is 394 g/mol. The molecule has 3 aliphatic rings. The van der Waals surface area contributed by atoms with E-state index in [0.29, 0.717) is 24.9 Å². The number of aryl methyl sites for hydroxylation is 1. The standard InChI is InChI=1S/C25H27NO5/c1-16-7-8-18-13-20-25(30)10-9-19(27)14-24(25,21(18)22(16)28)11-12-26(20)23(29)31-15-17-5-3-2-4-6-17/h2-8,20,28,30H,9-15H2,1H3/t20-,24-,25-/m1/s1. The predicted molar refractivity (Wildman–Crippen MR) is 114 cm³/mol. The third-order valence-electron chi connectivity index (χ3n) is 7.62. The van der Waals surface area contributed by atoms with E-state index in [9.17, 15) is 19.8 Å². The minimum Gasteiger partial charge on any atom is -0.507 e. The van der Waals surface area contributed by atoms with Crippen LogP contribution in [0.4, 0.5) is 4.79 Å². The highest BCUT2D eigenvalue weighted by Crippen LogP contribution is 2.59. The molecule has 0 unspecified atom stereocenters. The van der Waals surface area contributed by atoms with Crippen LogP contribution in [0, 0.1) is 6.92 Å². The van der Waals surface area contributed by atoms with Gasteiger partial charge >= 0.3 is 6.09 Å². The molecule has 2 aromatic carbocycles. The van der Waals surface area contributed by atoms with Crippen LogP contribution in [0.15, 0.2) is 42.5 Å². The summed E-state index contributed by atoms with van der Waals surface area (Å²) in [6.45, 7) is 2.38. The average Bonchev–Trinajstić information content (AvgIpc) is 2.75. The molecular formula is C25H27NO5. The van der Waals surface area contributed by atoms with Gasteiger partial charge in [0.1, 0.15) is 18.1 Å². The minimum absolute atomic E-state index is 0.0947. The van der Waals surface area contributed by atoms with Gasteiger partial charge in [0.15, 0.2) is 0 Å². The van der Waals surface area contributed by atoms with Crippen molar-refractivity contribution in [3.8, 4) is 5.75 Å². The van der Waals surface area contributed by atoms with Crippen LogP contribution >= 0.6 is 0 Å². The molecule has 1 amide bonds. The molecule has 0 radical (unpaired) electrons. The van der Waals surface area contributed by atoms with Gasteiger partial charge in [0.2, 0.25) is 0 Å². The van der Waals surface area contributed by atoms with Crippen molar-refractivity contribution in [1.82, 2.24) is 4.90 Å². The summed E-state index contributed by atoms with van der Waals surface area (Å²) >= 11 is 0. The highest BCUT2D eigenvalue weighted by Gasteiger charge is 2.66. The Bertz CT molecular complexity index is 1050. The van der Waals surface area contributed by atoms with Crippen LogP contribution in [0.2, 0.25) is 0 Å². The molecule has 2 N–H and O–H groups in total. The maximum Gasteiger partial charge on any atom is 0.410 e. The Morgan fingerprint density at radius 2 is 1.97 bits per heavy atom. The quantitative estimate of drug-likeness (QED) is 0.776. The second-order valence-corrected chi connectivity index (χ2v) is 9.19. The first-order valence-electron chi connectivity index (χ1n) is 10.9. The van der Waals surface area contributed by atoms with Gasteiger partial charge in [-0.25, -0.2) is 4.79 Å². The first-order valence-corrected chi connectivity index (χ1v) is 10.9. The molecule has 162 valence electrons. The van der Waals surface area contributed by atoms with Crippen molar-refractivity contribution in [3.63, 3.8) is 0 Å². The molecule has 6 heteroatoms. The number of carbonyl (C=O) groups is 2. The van der Waals surface area contributed by atoms with Gasteiger partial charge in [-0.3, -0.25) is 4.79 Å². The molecule has 2 fully saturated rings. The Labute approximate surface area is 181 Å². The van der Waals surface area contributed by atoms with Gasteiger partial charge in [-0.1, -0.05) is 42.5 Å². The topological polar surface area (TPSA) is 87.1 Å². The molecule has 5 rings (SSSR count). The number of likely N-dealkylation sites (tertiary alicyclic amines) is 1. The molecule has 1 aliphatic heterocycles. The van der Waals surface area contributed by atoms with Crippen molar-refractivity contribution in [2.24, 2.45) is 0 Å². The number of ketones is 1. The number of fused-ring (bicyclic) bond motifs is 1. The lowest BCUT2D eigenvalue weighted by molar-refractivity contribution is -0.168. The fraction of sp³-hybridized carbons (Fsp3) is 0.440. The summed E-state index contributed by atoms with van der Waals surface area (Å²) in [5, 5.41) is 23.0. The molecule has 1 saturated heterocycles. The molecule has 0 aromatic heterocycles. The van der Waals surface area contributed by atoms with Gasteiger partial charge in [-0.05, 0) is 42.9 Å². The van der Waals surface area contributed by atoms with E-state index in [2.05, 4.69) is 0 Å². The van der Waals surface area contributed by atoms with E-state index in [1.165, 1.54) is 0 Å². The molecule has 1 heterocycles. The number of aliphatic hydroxyl groups is 1. The first-order chi connectivity index (χ1) is 14.9. The zero-order chi connectivity index (χ0) is 21.8. The summed E-state index contributed by atoms with van der Waals surface area (Å²) in [5.74, 6) is 0.265. The molecule has 0 spiro atoms. The lowest BCUT2D eigenvalue weighted by Crippen LogP contribution is -2.74. The van der Waals surface area contributed by atoms with Crippen molar-refractivity contribution < 1.29 is 24.5 Å². The number of aromatic hydroxyl groups is 1. The van der Waals surface area contributed by atoms with Crippen molar-refractivity contribution in [2.45, 2.75) is 62.7 Å². The Kier molecular flexibility index (Phi) is 4.59. The number of piperidine rings is 1. The zero-order valence-electron chi connectivity index (χ0n) is 17.6. The van der Waals surface area contributed by atoms with E-state index in [1.54, 1.807) is 4.90 Å². The maximum absolute atomic E-state index is 13.1. The molecule has 3 atom stereocenters. The lowest BCUT2D eigenvalue weighted by atomic mass is 9.49. The monoisotopic (exact) mass is 421 g/mol. The highest BCUT2D eigenvalue weighted by atomic mass is 16.6. The molecule has 2 aliphatic carbocycles. The van der Waals surface area contributed by atoms with Crippen LogP contribution in [0.3, 0.4) is 0 Å². The molecule has 2 bridgehead atoms. The molecule has 1 saturated carbocycles. The Hall–Kier alpha value is -2.86. The number of benzene rings is 2. The summed E-state index contributed by atoms with van der Waals surface area (Å²) < 4.78 is 5.59. The average molecular weight is 421 g/mol. The molecule has 31 heavy (non-hydrogen) atoms. The summed E-state index contributed by atoms with van der Waals surface area (Å²) in [7, 11) is 0. The van der Waals surface area contributed by atoms with Gasteiger partial charge in [-0.2, -0.15) is 0 Å². The normalized spacial score (nSPS) is 29.2. The Morgan fingerprint density at radius 3 is 2.74 bits per heavy atom. The summed E-state index contributed by atoms with van der Waals surface area (Å²) in [6.07, 6.45) is 1.14. The van der Waals surface area contributed by atoms with Crippen molar-refractivity contribution in [2.75, 3.05) is 6.54 Å². The van der Waals surface area contributed by atoms with Crippen molar-refractivity contribution in [1.29, 1.82) is 0 Å². The highest BCUT2D eigenvalue weighted by molar-refractivity contribution is 5.83. The molecule has 6 nitrogen and oxygen atoms in total. The number of hydrogen-bond donors (Lipinski definition) is 2. The van der Waals surface area contributed by atoms with Gasteiger partial charge < -0.3 is 19.8 Å². The SMILES string of the molecule is Cc1ccc2c(c1O)[C@]13CCN(C(=O)OCc4ccccc4)[C@H](C2)[C@]1(O)CCC(=O)C3. The number of amides is 1. The number of nitrogens with zero attached hydrogens (tertiary/aromatic N) is 1. The largest absolute Gasteiger partial charge is 0.507 e. The number of hydrogen-bond acceptors (Lipinski definition) is 5. The van der Waals surface area contributed by atoms with Crippen LogP contribution in [-0.2, 0) is 28.0 Å². The van der Waals surface area contributed by atoms with E-state index >= 15 is 0 Å². The molecule has 2 aromatic rings. The number of phenols is 1. The van der Waals surface area contributed by atoms with Crippen LogP contribution < -0.4 is 0 Å². The Balaban J connectivity index is 1.52. The fourth-order valence-corrected chi connectivity index (χ4v) is 6.04. The van der Waals surface area contributed by atoms with E-state index in [1.807, 2.05) is 49.4 Å².